The van der Waals surface area contributed by atoms with Crippen molar-refractivity contribution in [2.45, 2.75) is 16.4 Å². The molecule has 0 radical (unpaired) electrons. The van der Waals surface area contributed by atoms with Crippen molar-refractivity contribution in [1.82, 2.24) is 4.72 Å². The van der Waals surface area contributed by atoms with Crippen LogP contribution in [0.4, 0.5) is 4.39 Å². The van der Waals surface area contributed by atoms with Crippen LogP contribution in [0.1, 0.15) is 15.9 Å². The quantitative estimate of drug-likeness (QED) is 0.577. The van der Waals surface area contributed by atoms with Gasteiger partial charge in [-0.1, -0.05) is 18.2 Å². The number of nitrogens with one attached hydrogen (secondary N) is 1. The topological polar surface area (TPSA) is 107 Å². The lowest BCUT2D eigenvalue weighted by atomic mass is 10.2. The van der Waals surface area contributed by atoms with Gasteiger partial charge in [-0.3, -0.25) is 4.79 Å². The molecule has 0 bridgehead atoms. The minimum absolute atomic E-state index is 0.00390. The van der Waals surface area contributed by atoms with Crippen LogP contribution in [0.15, 0.2) is 82.6 Å². The summed E-state index contributed by atoms with van der Waals surface area (Å²) < 4.78 is 68.8. The lowest BCUT2D eigenvalue weighted by Gasteiger charge is -2.09. The Morgan fingerprint density at radius 2 is 1.45 bits per heavy atom. The molecule has 0 aliphatic carbocycles. The van der Waals surface area contributed by atoms with Gasteiger partial charge in [-0.05, 0) is 54.6 Å². The van der Waals surface area contributed by atoms with Crippen LogP contribution in [0.25, 0.3) is 0 Å². The summed E-state index contributed by atoms with van der Waals surface area (Å²) >= 11 is 0. The molecule has 1 N–H and O–H groups in total. The Morgan fingerprint density at radius 3 is 2.03 bits per heavy atom. The molecule has 0 fully saturated rings. The van der Waals surface area contributed by atoms with Crippen LogP contribution < -0.4 is 9.46 Å². The molecule has 3 aromatic rings. The molecule has 0 atom stereocenters. The highest BCUT2D eigenvalue weighted by Crippen LogP contribution is 2.17. The predicted octanol–water partition coefficient (Wildman–Crippen LogP) is 2.93. The van der Waals surface area contributed by atoms with Gasteiger partial charge in [0.05, 0.1) is 9.79 Å². The van der Waals surface area contributed by atoms with Gasteiger partial charge in [0.2, 0.25) is 0 Å². The average Bonchev–Trinajstić information content (AvgIpc) is 2.73. The highest BCUT2D eigenvalue weighted by atomic mass is 32.2. The highest BCUT2D eigenvalue weighted by Gasteiger charge is 2.19. The maximum absolute atomic E-state index is 13.6. The summed E-state index contributed by atoms with van der Waals surface area (Å²) in [6.07, 6.45) is 1.00. The van der Waals surface area contributed by atoms with Gasteiger partial charge in [-0.2, -0.15) is 0 Å². The van der Waals surface area contributed by atoms with Crippen LogP contribution in [-0.2, 0) is 26.5 Å². The molecule has 0 unspecified atom stereocenters. The van der Waals surface area contributed by atoms with Crippen molar-refractivity contribution in [1.29, 1.82) is 0 Å². The first-order chi connectivity index (χ1) is 14.6. The normalized spacial score (nSPS) is 11.7. The molecule has 1 amide bonds. The number of ether oxygens (including phenoxy) is 1. The first-order valence-electron chi connectivity index (χ1n) is 8.90. The summed E-state index contributed by atoms with van der Waals surface area (Å²) in [5.41, 5.74) is 0.437. The summed E-state index contributed by atoms with van der Waals surface area (Å²) in [5, 5.41) is 0. The Labute approximate surface area is 179 Å². The first-order valence-corrected chi connectivity index (χ1v) is 12.3. The summed E-state index contributed by atoms with van der Waals surface area (Å²) in [7, 11) is -7.67. The van der Waals surface area contributed by atoms with E-state index in [1.54, 1.807) is 18.2 Å². The van der Waals surface area contributed by atoms with Crippen LogP contribution in [0.2, 0.25) is 0 Å². The number of carbonyl (C=O) groups excluding carboxylic acids is 1. The van der Waals surface area contributed by atoms with Crippen LogP contribution >= 0.6 is 0 Å². The molecule has 0 spiro atoms. The van der Waals surface area contributed by atoms with E-state index in [4.69, 9.17) is 4.74 Å². The molecule has 0 saturated carbocycles. The largest absolute Gasteiger partial charge is 0.489 e. The zero-order valence-electron chi connectivity index (χ0n) is 16.3. The summed E-state index contributed by atoms with van der Waals surface area (Å²) in [6.45, 7) is -0.00390. The Hall–Kier alpha value is -3.24. The van der Waals surface area contributed by atoms with Crippen molar-refractivity contribution >= 4 is 25.8 Å². The highest BCUT2D eigenvalue weighted by molar-refractivity contribution is 7.91. The second-order valence-corrected chi connectivity index (χ2v) is 10.3. The van der Waals surface area contributed by atoms with Crippen LogP contribution in [0.5, 0.6) is 5.75 Å². The molecule has 0 heterocycles. The minimum Gasteiger partial charge on any atom is -0.489 e. The molecule has 0 aromatic heterocycles. The van der Waals surface area contributed by atoms with E-state index >= 15 is 0 Å². The third kappa shape index (κ3) is 5.68. The summed E-state index contributed by atoms with van der Waals surface area (Å²) in [4.78, 5) is 12.0. The van der Waals surface area contributed by atoms with Gasteiger partial charge in [0.15, 0.2) is 9.84 Å². The van der Waals surface area contributed by atoms with Crippen LogP contribution in [0, 0.1) is 5.82 Å². The smallest absolute Gasteiger partial charge is 0.265 e. The molecule has 3 rings (SSSR count). The Balaban J connectivity index is 1.66. The van der Waals surface area contributed by atoms with Crippen LogP contribution in [0.3, 0.4) is 0 Å². The molecule has 0 aliphatic heterocycles. The van der Waals surface area contributed by atoms with E-state index in [-0.39, 0.29) is 22.0 Å². The maximum atomic E-state index is 13.6. The van der Waals surface area contributed by atoms with Crippen molar-refractivity contribution in [3.8, 4) is 5.75 Å². The first kappa shape index (κ1) is 22.4. The van der Waals surface area contributed by atoms with Gasteiger partial charge in [-0.25, -0.2) is 25.9 Å². The second kappa shape index (κ2) is 8.86. The van der Waals surface area contributed by atoms with E-state index in [0.717, 1.165) is 30.5 Å². The van der Waals surface area contributed by atoms with Gasteiger partial charge in [-0.15, -0.1) is 0 Å². The SMILES string of the molecule is CS(=O)(=O)c1ccc(S(=O)(=O)NC(=O)c2ccc(OCc3ccccc3F)cc2)cc1. The number of rotatable bonds is 7. The second-order valence-electron chi connectivity index (χ2n) is 6.58. The maximum Gasteiger partial charge on any atom is 0.265 e. The number of sulfone groups is 1. The minimum atomic E-state index is -4.20. The lowest BCUT2D eigenvalue weighted by Crippen LogP contribution is -2.30. The number of hydrogen-bond donors (Lipinski definition) is 1. The summed E-state index contributed by atoms with van der Waals surface area (Å²) in [6, 6.07) is 16.3. The van der Waals surface area contributed by atoms with E-state index in [1.807, 2.05) is 4.72 Å². The van der Waals surface area contributed by atoms with E-state index in [2.05, 4.69) is 0 Å². The van der Waals surface area contributed by atoms with E-state index in [9.17, 15) is 26.0 Å². The molecule has 162 valence electrons. The van der Waals surface area contributed by atoms with Gasteiger partial charge in [0.1, 0.15) is 18.2 Å². The molecule has 3 aromatic carbocycles. The third-order valence-electron chi connectivity index (χ3n) is 4.26. The third-order valence-corrected chi connectivity index (χ3v) is 6.73. The molecule has 0 saturated heterocycles. The van der Waals surface area contributed by atoms with Gasteiger partial charge in [0.25, 0.3) is 15.9 Å². The predicted molar refractivity (Wildman–Crippen MR) is 111 cm³/mol. The molecular formula is C21H18FNO6S2. The van der Waals surface area contributed by atoms with Crippen molar-refractivity contribution in [3.05, 3.63) is 89.7 Å². The number of sulfonamides is 1. The number of benzene rings is 3. The van der Waals surface area contributed by atoms with Crippen molar-refractivity contribution < 1.29 is 30.8 Å². The molecule has 7 nitrogen and oxygen atoms in total. The molecular weight excluding hydrogens is 445 g/mol. The fraction of sp³-hybridized carbons (Fsp3) is 0.0952. The monoisotopic (exact) mass is 463 g/mol. The zero-order chi connectivity index (χ0) is 22.6. The number of hydrogen-bond acceptors (Lipinski definition) is 6. The molecule has 10 heteroatoms. The summed E-state index contributed by atoms with van der Waals surface area (Å²) in [5.74, 6) is -0.889. The van der Waals surface area contributed by atoms with E-state index in [0.29, 0.717) is 11.3 Å². The van der Waals surface area contributed by atoms with Crippen LogP contribution in [-0.4, -0.2) is 29.0 Å². The number of halogens is 1. The van der Waals surface area contributed by atoms with E-state index in [1.165, 1.54) is 30.3 Å². The standard InChI is InChI=1S/C21H18FNO6S2/c1-30(25,26)18-10-12-19(13-11-18)31(27,28)23-21(24)15-6-8-17(9-7-15)29-14-16-4-2-3-5-20(16)22/h2-13H,14H2,1H3,(H,23,24). The van der Waals surface area contributed by atoms with Crippen molar-refractivity contribution in [3.63, 3.8) is 0 Å². The van der Waals surface area contributed by atoms with E-state index < -0.39 is 31.6 Å². The van der Waals surface area contributed by atoms with Crippen molar-refractivity contribution in [2.75, 3.05) is 6.26 Å². The number of amides is 1. The van der Waals surface area contributed by atoms with Gasteiger partial charge in [0, 0.05) is 17.4 Å². The fourth-order valence-corrected chi connectivity index (χ4v) is 4.19. The Morgan fingerprint density at radius 1 is 0.871 bits per heavy atom. The Bertz CT molecular complexity index is 1300. The lowest BCUT2D eigenvalue weighted by molar-refractivity contribution is 0.0981. The molecule has 31 heavy (non-hydrogen) atoms. The van der Waals surface area contributed by atoms with Crippen molar-refractivity contribution in [2.24, 2.45) is 0 Å². The fourth-order valence-electron chi connectivity index (χ4n) is 2.58. The van der Waals surface area contributed by atoms with Gasteiger partial charge < -0.3 is 4.74 Å². The number of carbonyl (C=O) groups is 1. The van der Waals surface area contributed by atoms with Gasteiger partial charge >= 0.3 is 0 Å². The zero-order valence-corrected chi connectivity index (χ0v) is 17.9. The average molecular weight is 464 g/mol. The molecule has 0 aliphatic rings. The Kier molecular flexibility index (Phi) is 6.42.